The molecule has 2 N–H and O–H groups in total. The Balaban J connectivity index is 2.13. The SMILES string of the molecule is OC(CNc1nc(Cl)nc(-n2cccn2)n1)C(F)(F)F. The van der Waals surface area contributed by atoms with Crippen molar-refractivity contribution in [2.75, 3.05) is 11.9 Å². The predicted molar refractivity (Wildman–Crippen MR) is 62.5 cm³/mol. The first-order valence-corrected chi connectivity index (χ1v) is 5.64. The van der Waals surface area contributed by atoms with Gasteiger partial charge in [0.1, 0.15) is 0 Å². The van der Waals surface area contributed by atoms with E-state index >= 15 is 0 Å². The molecule has 2 rings (SSSR count). The van der Waals surface area contributed by atoms with Crippen molar-refractivity contribution in [2.24, 2.45) is 0 Å². The van der Waals surface area contributed by atoms with E-state index in [1.54, 1.807) is 6.07 Å². The van der Waals surface area contributed by atoms with Gasteiger partial charge >= 0.3 is 6.18 Å². The zero-order chi connectivity index (χ0) is 14.8. The number of halogens is 4. The third-order valence-electron chi connectivity index (χ3n) is 2.14. The maximum Gasteiger partial charge on any atom is 0.416 e. The van der Waals surface area contributed by atoms with Crippen LogP contribution in [-0.4, -0.2) is 48.7 Å². The van der Waals surface area contributed by atoms with E-state index in [0.717, 1.165) is 0 Å². The summed E-state index contributed by atoms with van der Waals surface area (Å²) in [7, 11) is 0. The molecule has 0 fully saturated rings. The fourth-order valence-electron chi connectivity index (χ4n) is 1.21. The molecule has 0 radical (unpaired) electrons. The van der Waals surface area contributed by atoms with Crippen molar-refractivity contribution < 1.29 is 18.3 Å². The van der Waals surface area contributed by atoms with Crippen LogP contribution in [0.2, 0.25) is 5.28 Å². The standard InChI is InChI=1S/C9H8ClF3N6O/c10-6-16-7(14-4-5(20)9(11,12)13)18-8(17-6)19-3-1-2-15-19/h1-3,5,20H,4H2,(H,14,16,17,18). The maximum atomic E-state index is 12.2. The molecule has 2 heterocycles. The Bertz CT molecular complexity index is 576. The molecular formula is C9H8ClF3N6O. The molecule has 1 unspecified atom stereocenters. The first-order valence-electron chi connectivity index (χ1n) is 5.26. The quantitative estimate of drug-likeness (QED) is 0.877. The monoisotopic (exact) mass is 308 g/mol. The minimum atomic E-state index is -4.73. The highest BCUT2D eigenvalue weighted by molar-refractivity contribution is 6.28. The molecule has 0 saturated carbocycles. The molecular weight excluding hydrogens is 301 g/mol. The molecule has 0 spiro atoms. The van der Waals surface area contributed by atoms with E-state index in [-0.39, 0.29) is 17.2 Å². The van der Waals surface area contributed by atoms with Crippen molar-refractivity contribution in [2.45, 2.75) is 12.3 Å². The summed E-state index contributed by atoms with van der Waals surface area (Å²) in [5.74, 6) is -0.155. The van der Waals surface area contributed by atoms with Gasteiger partial charge in [-0.05, 0) is 17.7 Å². The van der Waals surface area contributed by atoms with Crippen molar-refractivity contribution in [3.63, 3.8) is 0 Å². The molecule has 0 aliphatic rings. The summed E-state index contributed by atoms with van der Waals surface area (Å²) in [5.41, 5.74) is 0. The Morgan fingerprint density at radius 1 is 1.35 bits per heavy atom. The normalized spacial score (nSPS) is 13.2. The molecule has 1 atom stereocenters. The summed E-state index contributed by atoms with van der Waals surface area (Å²) in [6.07, 6.45) is -4.27. The predicted octanol–water partition coefficient (Wildman–Crippen LogP) is 1.05. The second-order valence-electron chi connectivity index (χ2n) is 3.62. The van der Waals surface area contributed by atoms with Crippen LogP contribution in [0.4, 0.5) is 19.1 Å². The Kier molecular flexibility index (Phi) is 4.04. The second-order valence-corrected chi connectivity index (χ2v) is 3.96. The molecule has 2 aromatic heterocycles. The van der Waals surface area contributed by atoms with Crippen LogP contribution in [0.25, 0.3) is 5.95 Å². The highest BCUT2D eigenvalue weighted by Crippen LogP contribution is 2.20. The molecule has 0 amide bonds. The topological polar surface area (TPSA) is 88.8 Å². The number of aromatic nitrogens is 5. The number of rotatable bonds is 4. The Hall–Kier alpha value is -1.94. The van der Waals surface area contributed by atoms with Gasteiger partial charge in [0, 0.05) is 12.4 Å². The Morgan fingerprint density at radius 2 is 2.10 bits per heavy atom. The molecule has 0 aliphatic heterocycles. The number of nitrogens with zero attached hydrogens (tertiary/aromatic N) is 5. The number of anilines is 1. The third-order valence-corrected chi connectivity index (χ3v) is 2.31. The van der Waals surface area contributed by atoms with Gasteiger partial charge in [0.05, 0.1) is 6.54 Å². The van der Waals surface area contributed by atoms with E-state index in [2.05, 4.69) is 25.4 Å². The lowest BCUT2D eigenvalue weighted by molar-refractivity contribution is -0.198. The number of aliphatic hydroxyl groups is 1. The fraction of sp³-hybridized carbons (Fsp3) is 0.333. The smallest absolute Gasteiger partial charge is 0.382 e. The Labute approximate surface area is 115 Å². The van der Waals surface area contributed by atoms with E-state index in [1.165, 1.54) is 17.1 Å². The van der Waals surface area contributed by atoms with Gasteiger partial charge in [-0.15, -0.1) is 0 Å². The molecule has 0 bridgehead atoms. The lowest BCUT2D eigenvalue weighted by Gasteiger charge is -2.15. The highest BCUT2D eigenvalue weighted by atomic mass is 35.5. The number of alkyl halides is 3. The number of aliphatic hydroxyl groups excluding tert-OH is 1. The van der Waals surface area contributed by atoms with E-state index in [0.29, 0.717) is 0 Å². The molecule has 108 valence electrons. The maximum absolute atomic E-state index is 12.2. The van der Waals surface area contributed by atoms with Crippen molar-refractivity contribution in [3.05, 3.63) is 23.7 Å². The van der Waals surface area contributed by atoms with Gasteiger partial charge in [0.15, 0.2) is 6.10 Å². The van der Waals surface area contributed by atoms with Gasteiger partial charge in [-0.2, -0.15) is 33.2 Å². The van der Waals surface area contributed by atoms with Crippen LogP contribution in [0, 0.1) is 0 Å². The van der Waals surface area contributed by atoms with Gasteiger partial charge in [0.2, 0.25) is 11.2 Å². The van der Waals surface area contributed by atoms with Crippen molar-refractivity contribution in [1.82, 2.24) is 24.7 Å². The minimum Gasteiger partial charge on any atom is -0.382 e. The molecule has 2 aromatic rings. The second kappa shape index (κ2) is 5.59. The molecule has 20 heavy (non-hydrogen) atoms. The largest absolute Gasteiger partial charge is 0.416 e. The molecule has 11 heteroatoms. The number of nitrogens with one attached hydrogen (secondary N) is 1. The summed E-state index contributed by atoms with van der Waals surface area (Å²) in [4.78, 5) is 11.2. The summed E-state index contributed by atoms with van der Waals surface area (Å²) >= 11 is 5.64. The van der Waals surface area contributed by atoms with Crippen LogP contribution in [0.3, 0.4) is 0 Å². The van der Waals surface area contributed by atoms with Crippen LogP contribution >= 0.6 is 11.6 Å². The van der Waals surface area contributed by atoms with E-state index in [1.807, 2.05) is 0 Å². The van der Waals surface area contributed by atoms with E-state index in [9.17, 15) is 13.2 Å². The molecule has 7 nitrogen and oxygen atoms in total. The summed E-state index contributed by atoms with van der Waals surface area (Å²) in [5, 5.41) is 14.7. The van der Waals surface area contributed by atoms with Gasteiger partial charge in [-0.1, -0.05) is 0 Å². The summed E-state index contributed by atoms with van der Waals surface area (Å²) < 4.78 is 37.7. The molecule has 0 saturated heterocycles. The van der Waals surface area contributed by atoms with Gasteiger partial charge in [-0.3, -0.25) is 0 Å². The van der Waals surface area contributed by atoms with E-state index < -0.39 is 18.8 Å². The van der Waals surface area contributed by atoms with Crippen molar-refractivity contribution in [3.8, 4) is 5.95 Å². The molecule has 0 aliphatic carbocycles. The molecule has 0 aromatic carbocycles. The first kappa shape index (κ1) is 14.5. The highest BCUT2D eigenvalue weighted by Gasteiger charge is 2.38. The van der Waals surface area contributed by atoms with Crippen LogP contribution in [-0.2, 0) is 0 Å². The summed E-state index contributed by atoms with van der Waals surface area (Å²) in [6.45, 7) is -0.803. The average molecular weight is 309 g/mol. The van der Waals surface area contributed by atoms with E-state index in [4.69, 9.17) is 16.7 Å². The lowest BCUT2D eigenvalue weighted by atomic mass is 10.3. The number of hydrogen-bond donors (Lipinski definition) is 2. The lowest BCUT2D eigenvalue weighted by Crippen LogP contribution is -2.35. The third kappa shape index (κ3) is 3.54. The van der Waals surface area contributed by atoms with Gasteiger partial charge in [0.25, 0.3) is 5.95 Å². The average Bonchev–Trinajstić information content (AvgIpc) is 2.88. The van der Waals surface area contributed by atoms with Crippen LogP contribution in [0.5, 0.6) is 0 Å². The van der Waals surface area contributed by atoms with Crippen molar-refractivity contribution in [1.29, 1.82) is 0 Å². The first-order chi connectivity index (χ1) is 9.36. The fourth-order valence-corrected chi connectivity index (χ4v) is 1.37. The van der Waals surface area contributed by atoms with Crippen LogP contribution in [0.15, 0.2) is 18.5 Å². The minimum absolute atomic E-state index is 0.0407. The number of hydrogen-bond acceptors (Lipinski definition) is 6. The van der Waals surface area contributed by atoms with Crippen molar-refractivity contribution >= 4 is 17.5 Å². The van der Waals surface area contributed by atoms with Gasteiger partial charge < -0.3 is 10.4 Å². The van der Waals surface area contributed by atoms with Crippen LogP contribution in [0.1, 0.15) is 0 Å². The van der Waals surface area contributed by atoms with Gasteiger partial charge in [-0.25, -0.2) is 4.68 Å². The zero-order valence-corrected chi connectivity index (χ0v) is 10.5. The van der Waals surface area contributed by atoms with Crippen LogP contribution < -0.4 is 5.32 Å². The summed E-state index contributed by atoms with van der Waals surface area (Å²) in [6, 6.07) is 1.61. The zero-order valence-electron chi connectivity index (χ0n) is 9.71. The Morgan fingerprint density at radius 3 is 2.70 bits per heavy atom.